The second kappa shape index (κ2) is 6.94. The van der Waals surface area contributed by atoms with E-state index in [1.54, 1.807) is 18.2 Å². The van der Waals surface area contributed by atoms with Crippen molar-refractivity contribution in [3.63, 3.8) is 0 Å². The van der Waals surface area contributed by atoms with Crippen LogP contribution in [0.3, 0.4) is 0 Å². The predicted molar refractivity (Wildman–Crippen MR) is 107 cm³/mol. The van der Waals surface area contributed by atoms with Gasteiger partial charge in [-0.2, -0.15) is 0 Å². The van der Waals surface area contributed by atoms with E-state index in [2.05, 4.69) is 0 Å². The first-order valence-corrected chi connectivity index (χ1v) is 9.13. The highest BCUT2D eigenvalue weighted by molar-refractivity contribution is 5.92. The van der Waals surface area contributed by atoms with Crippen LogP contribution in [0.1, 0.15) is 34.2 Å². The number of aromatic nitrogens is 2. The third-order valence-electron chi connectivity index (χ3n) is 5.02. The number of aliphatic hydroxyl groups is 1. The van der Waals surface area contributed by atoms with E-state index in [-0.39, 0.29) is 5.56 Å². The summed E-state index contributed by atoms with van der Waals surface area (Å²) in [6.45, 7) is 2.56. The lowest BCUT2D eigenvalue weighted by Crippen LogP contribution is -2.32. The number of aromatic carboxylic acids is 1. The van der Waals surface area contributed by atoms with Crippen LogP contribution in [-0.2, 0) is 12.1 Å². The Morgan fingerprint density at radius 2 is 1.54 bits per heavy atom. The minimum absolute atomic E-state index is 0.169. The first-order valence-electron chi connectivity index (χ1n) is 9.13. The van der Waals surface area contributed by atoms with Crippen LogP contribution in [0.5, 0.6) is 0 Å². The molecule has 0 saturated heterocycles. The van der Waals surface area contributed by atoms with E-state index in [0.717, 1.165) is 5.52 Å². The Kier molecular flexibility index (Phi) is 4.45. The van der Waals surface area contributed by atoms with Gasteiger partial charge in [0.2, 0.25) is 0 Å². The predicted octanol–water partition coefficient (Wildman–Crippen LogP) is 4.04. The molecule has 0 aliphatic carbocycles. The maximum absolute atomic E-state index is 12.0. The van der Waals surface area contributed by atoms with Gasteiger partial charge >= 0.3 is 5.97 Å². The van der Waals surface area contributed by atoms with Crippen molar-refractivity contribution in [3.05, 3.63) is 101 Å². The molecule has 140 valence electrons. The Labute approximate surface area is 162 Å². The van der Waals surface area contributed by atoms with Gasteiger partial charge in [-0.1, -0.05) is 60.7 Å². The SMILES string of the molecule is CCn1c(C(O)(c2ccccc2)c2ccccc2)nc2cc(C(=O)O)ccc21. The molecule has 0 atom stereocenters. The highest BCUT2D eigenvalue weighted by atomic mass is 16.4. The van der Waals surface area contributed by atoms with E-state index in [0.29, 0.717) is 29.0 Å². The lowest BCUT2D eigenvalue weighted by Gasteiger charge is -2.29. The van der Waals surface area contributed by atoms with E-state index in [1.165, 1.54) is 0 Å². The van der Waals surface area contributed by atoms with Crippen molar-refractivity contribution >= 4 is 17.0 Å². The number of benzene rings is 3. The topological polar surface area (TPSA) is 75.3 Å². The summed E-state index contributed by atoms with van der Waals surface area (Å²) in [6, 6.07) is 23.7. The van der Waals surface area contributed by atoms with Gasteiger partial charge in [-0.25, -0.2) is 9.78 Å². The molecular weight excluding hydrogens is 352 g/mol. The largest absolute Gasteiger partial charge is 0.478 e. The van der Waals surface area contributed by atoms with Crippen LogP contribution in [0.2, 0.25) is 0 Å². The summed E-state index contributed by atoms with van der Waals surface area (Å²) in [6.07, 6.45) is 0. The molecule has 4 rings (SSSR count). The molecule has 0 saturated carbocycles. The second-order valence-electron chi connectivity index (χ2n) is 6.63. The number of carbonyl (C=O) groups is 1. The third-order valence-corrected chi connectivity index (χ3v) is 5.02. The van der Waals surface area contributed by atoms with Gasteiger partial charge in [-0.15, -0.1) is 0 Å². The average molecular weight is 372 g/mol. The van der Waals surface area contributed by atoms with Gasteiger partial charge in [0.25, 0.3) is 0 Å². The molecule has 1 heterocycles. The second-order valence-corrected chi connectivity index (χ2v) is 6.63. The van der Waals surface area contributed by atoms with E-state index < -0.39 is 11.6 Å². The molecule has 2 N–H and O–H groups in total. The molecule has 0 amide bonds. The summed E-state index contributed by atoms with van der Waals surface area (Å²) < 4.78 is 1.93. The van der Waals surface area contributed by atoms with Gasteiger partial charge in [0, 0.05) is 6.54 Å². The molecule has 3 aromatic carbocycles. The summed E-state index contributed by atoms with van der Waals surface area (Å²) >= 11 is 0. The van der Waals surface area contributed by atoms with Crippen LogP contribution < -0.4 is 0 Å². The maximum atomic E-state index is 12.0. The third kappa shape index (κ3) is 2.77. The van der Waals surface area contributed by atoms with E-state index in [9.17, 15) is 15.0 Å². The van der Waals surface area contributed by atoms with Crippen LogP contribution in [0, 0.1) is 0 Å². The molecule has 5 nitrogen and oxygen atoms in total. The number of nitrogens with zero attached hydrogens (tertiary/aromatic N) is 2. The zero-order valence-electron chi connectivity index (χ0n) is 15.4. The molecule has 5 heteroatoms. The molecule has 0 aliphatic rings. The fraction of sp³-hybridized carbons (Fsp3) is 0.130. The number of hydrogen-bond donors (Lipinski definition) is 2. The van der Waals surface area contributed by atoms with Crippen molar-refractivity contribution in [1.82, 2.24) is 9.55 Å². The van der Waals surface area contributed by atoms with E-state index in [1.807, 2.05) is 72.2 Å². The molecule has 0 aliphatic heterocycles. The van der Waals surface area contributed by atoms with Crippen LogP contribution in [0.4, 0.5) is 0 Å². The molecule has 1 aromatic heterocycles. The Morgan fingerprint density at radius 3 is 2.04 bits per heavy atom. The first-order chi connectivity index (χ1) is 13.6. The van der Waals surface area contributed by atoms with Crippen molar-refractivity contribution in [2.75, 3.05) is 0 Å². The van der Waals surface area contributed by atoms with Gasteiger partial charge in [0.15, 0.2) is 11.4 Å². The van der Waals surface area contributed by atoms with Crippen molar-refractivity contribution in [3.8, 4) is 0 Å². The van der Waals surface area contributed by atoms with Crippen molar-refractivity contribution in [2.45, 2.75) is 19.1 Å². The monoisotopic (exact) mass is 372 g/mol. The number of fused-ring (bicyclic) bond motifs is 1. The van der Waals surface area contributed by atoms with Gasteiger partial charge in [-0.3, -0.25) is 0 Å². The maximum Gasteiger partial charge on any atom is 0.335 e. The highest BCUT2D eigenvalue weighted by Crippen LogP contribution is 2.37. The van der Waals surface area contributed by atoms with Gasteiger partial charge in [-0.05, 0) is 36.2 Å². The van der Waals surface area contributed by atoms with Crippen LogP contribution in [-0.4, -0.2) is 25.7 Å². The number of carboxylic acid groups (broad SMARTS) is 1. The Balaban J connectivity index is 2.04. The van der Waals surface area contributed by atoms with Crippen molar-refractivity contribution in [2.24, 2.45) is 0 Å². The van der Waals surface area contributed by atoms with Crippen LogP contribution in [0.15, 0.2) is 78.9 Å². The molecular formula is C23H20N2O3. The standard InChI is InChI=1S/C23H20N2O3/c1-2-25-20-14-13-16(21(26)27)15-19(20)24-22(25)23(28,17-9-5-3-6-10-17)18-11-7-4-8-12-18/h3-15,28H,2H2,1H3,(H,26,27). The molecule has 4 aromatic rings. The molecule has 0 bridgehead atoms. The fourth-order valence-corrected chi connectivity index (χ4v) is 3.64. The molecule has 28 heavy (non-hydrogen) atoms. The van der Waals surface area contributed by atoms with Gasteiger partial charge in [0.1, 0.15) is 0 Å². The number of aryl methyl sites for hydroxylation is 1. The normalized spacial score (nSPS) is 11.6. The van der Waals surface area contributed by atoms with Crippen molar-refractivity contribution in [1.29, 1.82) is 0 Å². The summed E-state index contributed by atoms with van der Waals surface area (Å²) in [7, 11) is 0. The Morgan fingerprint density at radius 1 is 0.964 bits per heavy atom. The van der Waals surface area contributed by atoms with Gasteiger partial charge in [0.05, 0.1) is 16.6 Å². The Hall–Kier alpha value is -3.44. The first kappa shape index (κ1) is 17.9. The fourth-order valence-electron chi connectivity index (χ4n) is 3.64. The number of hydrogen-bond acceptors (Lipinski definition) is 3. The minimum Gasteiger partial charge on any atom is -0.478 e. The lowest BCUT2D eigenvalue weighted by atomic mass is 9.85. The van der Waals surface area contributed by atoms with E-state index in [4.69, 9.17) is 4.98 Å². The van der Waals surface area contributed by atoms with Crippen LogP contribution in [0.25, 0.3) is 11.0 Å². The zero-order valence-corrected chi connectivity index (χ0v) is 15.4. The average Bonchev–Trinajstić information content (AvgIpc) is 3.12. The van der Waals surface area contributed by atoms with Crippen LogP contribution >= 0.6 is 0 Å². The van der Waals surface area contributed by atoms with E-state index >= 15 is 0 Å². The smallest absolute Gasteiger partial charge is 0.335 e. The molecule has 0 unspecified atom stereocenters. The molecule has 0 fully saturated rings. The number of imidazole rings is 1. The summed E-state index contributed by atoms with van der Waals surface area (Å²) in [5.41, 5.74) is 1.42. The minimum atomic E-state index is -1.47. The Bertz CT molecular complexity index is 1100. The quantitative estimate of drug-likeness (QED) is 0.554. The molecule has 0 spiro atoms. The number of rotatable bonds is 5. The molecule has 0 radical (unpaired) electrons. The number of carboxylic acids is 1. The highest BCUT2D eigenvalue weighted by Gasteiger charge is 2.38. The van der Waals surface area contributed by atoms with Gasteiger partial charge < -0.3 is 14.8 Å². The lowest BCUT2D eigenvalue weighted by molar-refractivity contribution is 0.0697. The zero-order chi connectivity index (χ0) is 19.7. The summed E-state index contributed by atoms with van der Waals surface area (Å²) in [4.78, 5) is 16.1. The van der Waals surface area contributed by atoms with Crippen molar-refractivity contribution < 1.29 is 15.0 Å². The summed E-state index contributed by atoms with van der Waals surface area (Å²) in [5.74, 6) is -0.541. The summed E-state index contributed by atoms with van der Waals surface area (Å²) in [5, 5.41) is 21.3.